The van der Waals surface area contributed by atoms with E-state index in [4.69, 9.17) is 4.42 Å². The third kappa shape index (κ3) is 3.36. The predicted molar refractivity (Wildman–Crippen MR) is 192 cm³/mol. The molecule has 1 aliphatic rings. The molecular weight excluding hydrogens is 581 g/mol. The average Bonchev–Trinajstić information content (AvgIpc) is 3.75. The van der Waals surface area contributed by atoms with Crippen molar-refractivity contribution in [3.8, 4) is 27.9 Å². The summed E-state index contributed by atoms with van der Waals surface area (Å²) in [5, 5.41) is 7.19. The number of furan rings is 1. The topological polar surface area (TPSA) is 35.1 Å². The lowest BCUT2D eigenvalue weighted by atomic mass is 10.0. The molecule has 0 amide bonds. The van der Waals surface area contributed by atoms with Gasteiger partial charge in [-0.1, -0.05) is 133 Å². The molecular formula is C42H26NO2P. The summed E-state index contributed by atoms with van der Waals surface area (Å²) in [6.45, 7) is 0. The summed E-state index contributed by atoms with van der Waals surface area (Å²) in [6.07, 6.45) is 0. The Labute approximate surface area is 265 Å². The van der Waals surface area contributed by atoms with Crippen molar-refractivity contribution in [2.24, 2.45) is 0 Å². The van der Waals surface area contributed by atoms with Crippen molar-refractivity contribution >= 4 is 66.8 Å². The molecule has 0 radical (unpaired) electrons. The Hall–Kier alpha value is -5.63. The highest BCUT2D eigenvalue weighted by Gasteiger charge is 2.42. The molecule has 46 heavy (non-hydrogen) atoms. The first-order valence-electron chi connectivity index (χ1n) is 15.6. The monoisotopic (exact) mass is 607 g/mol. The molecule has 4 heteroatoms. The molecule has 0 saturated carbocycles. The lowest BCUT2D eigenvalue weighted by molar-refractivity contribution is 0.593. The van der Waals surface area contributed by atoms with Crippen LogP contribution in [0.15, 0.2) is 162 Å². The highest BCUT2D eigenvalue weighted by molar-refractivity contribution is 7.86. The summed E-state index contributed by atoms with van der Waals surface area (Å²) < 4.78 is 24.4. The summed E-state index contributed by atoms with van der Waals surface area (Å²) in [7, 11) is -3.18. The van der Waals surface area contributed by atoms with Crippen LogP contribution in [0.5, 0.6) is 0 Å². The number of nitrogens with zero attached hydrogens (tertiary/aromatic N) is 1. The van der Waals surface area contributed by atoms with Crippen molar-refractivity contribution < 1.29 is 8.98 Å². The van der Waals surface area contributed by atoms with Crippen LogP contribution in [0, 0.1) is 0 Å². The van der Waals surface area contributed by atoms with Gasteiger partial charge in [-0.15, -0.1) is 0 Å². The second-order valence-electron chi connectivity index (χ2n) is 12.0. The Morgan fingerprint density at radius 3 is 2.07 bits per heavy atom. The number of para-hydroxylation sites is 3. The minimum atomic E-state index is -3.18. The lowest BCUT2D eigenvalue weighted by Gasteiger charge is -2.18. The molecule has 7 aromatic carbocycles. The molecule has 2 aromatic heterocycles. The molecule has 0 N–H and O–H groups in total. The van der Waals surface area contributed by atoms with Gasteiger partial charge < -0.3 is 13.5 Å². The van der Waals surface area contributed by atoms with Crippen LogP contribution >= 0.6 is 7.14 Å². The van der Waals surface area contributed by atoms with Crippen molar-refractivity contribution in [3.05, 3.63) is 158 Å². The maximum Gasteiger partial charge on any atom is 0.174 e. The van der Waals surface area contributed by atoms with E-state index in [9.17, 15) is 0 Å². The summed E-state index contributed by atoms with van der Waals surface area (Å²) in [4.78, 5) is 0. The van der Waals surface area contributed by atoms with Gasteiger partial charge in [0.2, 0.25) is 0 Å². The first kappa shape index (κ1) is 25.7. The van der Waals surface area contributed by atoms with Crippen LogP contribution in [0.1, 0.15) is 0 Å². The van der Waals surface area contributed by atoms with E-state index in [1.807, 2.05) is 54.6 Å². The number of hydrogen-bond donors (Lipinski definition) is 0. The van der Waals surface area contributed by atoms with E-state index in [0.717, 1.165) is 87.6 Å². The minimum Gasteiger partial charge on any atom is -0.455 e. The van der Waals surface area contributed by atoms with Crippen molar-refractivity contribution in [1.82, 2.24) is 4.57 Å². The quantitative estimate of drug-likeness (QED) is 0.187. The van der Waals surface area contributed by atoms with E-state index >= 15 is 4.57 Å². The number of aromatic nitrogens is 1. The largest absolute Gasteiger partial charge is 0.455 e. The van der Waals surface area contributed by atoms with Gasteiger partial charge >= 0.3 is 0 Å². The fourth-order valence-corrected chi connectivity index (χ4v) is 10.9. The molecule has 3 heterocycles. The Balaban J connectivity index is 1.24. The van der Waals surface area contributed by atoms with Gasteiger partial charge in [0, 0.05) is 43.4 Å². The van der Waals surface area contributed by atoms with E-state index in [0.29, 0.717) is 0 Å². The molecule has 0 spiro atoms. The zero-order chi connectivity index (χ0) is 30.4. The van der Waals surface area contributed by atoms with Crippen molar-refractivity contribution in [1.29, 1.82) is 0 Å². The molecule has 216 valence electrons. The van der Waals surface area contributed by atoms with Crippen molar-refractivity contribution in [3.63, 3.8) is 0 Å². The normalized spacial score (nSPS) is 15.6. The first-order valence-corrected chi connectivity index (χ1v) is 17.3. The summed E-state index contributed by atoms with van der Waals surface area (Å²) >= 11 is 0. The third-order valence-electron chi connectivity index (χ3n) is 9.62. The summed E-state index contributed by atoms with van der Waals surface area (Å²) in [5.74, 6) is 0. The fraction of sp³-hybridized carbons (Fsp3) is 0. The molecule has 3 nitrogen and oxygen atoms in total. The van der Waals surface area contributed by atoms with Crippen molar-refractivity contribution in [2.75, 3.05) is 0 Å². The highest BCUT2D eigenvalue weighted by Crippen LogP contribution is 2.55. The van der Waals surface area contributed by atoms with Gasteiger partial charge in [-0.25, -0.2) is 0 Å². The van der Waals surface area contributed by atoms with Crippen LogP contribution in [0.4, 0.5) is 0 Å². The van der Waals surface area contributed by atoms with E-state index in [1.54, 1.807) is 0 Å². The number of fused-ring (bicyclic) bond motifs is 10. The van der Waals surface area contributed by atoms with Crippen LogP contribution in [0.3, 0.4) is 0 Å². The predicted octanol–water partition coefficient (Wildman–Crippen LogP) is 9.97. The Bertz CT molecular complexity index is 2720. The molecule has 0 fully saturated rings. The van der Waals surface area contributed by atoms with Crippen LogP contribution in [0.2, 0.25) is 0 Å². The second kappa shape index (κ2) is 9.44. The van der Waals surface area contributed by atoms with E-state index in [2.05, 4.69) is 108 Å². The van der Waals surface area contributed by atoms with Gasteiger partial charge in [0.25, 0.3) is 0 Å². The summed E-state index contributed by atoms with van der Waals surface area (Å²) in [5.41, 5.74) is 9.16. The minimum absolute atomic E-state index is 0.861. The standard InChI is InChI=1S/C42H26NO2P/c44-46(29-11-2-1-3-12-29)39-20-9-6-15-33(39)36-26-25-34-31-13-4-7-18-37(31)43(40(34)42(36)46)28-23-21-27(22-24-28)30-16-10-17-35-32-14-5-8-19-38(32)45-41(30)35/h1-26H. The van der Waals surface area contributed by atoms with Crippen LogP contribution in [0.25, 0.3) is 71.7 Å². The second-order valence-corrected chi connectivity index (χ2v) is 14.7. The van der Waals surface area contributed by atoms with Gasteiger partial charge in [-0.05, 0) is 41.0 Å². The Kier molecular flexibility index (Phi) is 5.27. The Morgan fingerprint density at radius 2 is 1.20 bits per heavy atom. The SMILES string of the molecule is O=P1(c2ccccc2)c2ccccc2-c2ccc3c4ccccc4n(-c4ccc(-c5cccc6c5oc5ccccc56)cc4)c3c21. The highest BCUT2D eigenvalue weighted by atomic mass is 31.2. The van der Waals surface area contributed by atoms with Gasteiger partial charge in [0.15, 0.2) is 7.14 Å². The molecule has 9 aromatic rings. The zero-order valence-corrected chi connectivity index (χ0v) is 25.6. The zero-order valence-electron chi connectivity index (χ0n) is 24.7. The third-order valence-corrected chi connectivity index (χ3v) is 12.8. The molecule has 0 aliphatic carbocycles. The molecule has 0 bridgehead atoms. The van der Waals surface area contributed by atoms with Crippen LogP contribution < -0.4 is 15.9 Å². The maximum atomic E-state index is 15.7. The smallest absolute Gasteiger partial charge is 0.174 e. The lowest BCUT2D eigenvalue weighted by Crippen LogP contribution is -2.22. The molecule has 1 aliphatic heterocycles. The number of hydrogen-bond acceptors (Lipinski definition) is 2. The van der Waals surface area contributed by atoms with Crippen molar-refractivity contribution in [2.45, 2.75) is 0 Å². The Morgan fingerprint density at radius 1 is 0.500 bits per heavy atom. The molecule has 1 atom stereocenters. The van der Waals surface area contributed by atoms with E-state index in [1.165, 1.54) is 0 Å². The van der Waals surface area contributed by atoms with Gasteiger partial charge in [0.1, 0.15) is 11.2 Å². The summed E-state index contributed by atoms with van der Waals surface area (Å²) in [6, 6.07) is 54.4. The molecule has 10 rings (SSSR count). The first-order chi connectivity index (χ1) is 22.7. The van der Waals surface area contributed by atoms with Crippen LogP contribution in [-0.4, -0.2) is 4.57 Å². The van der Waals surface area contributed by atoms with Gasteiger partial charge in [-0.3, -0.25) is 0 Å². The molecule has 1 unspecified atom stereocenters. The molecule has 0 saturated heterocycles. The van der Waals surface area contributed by atoms with Gasteiger partial charge in [0.05, 0.1) is 16.3 Å². The van der Waals surface area contributed by atoms with E-state index in [-0.39, 0.29) is 0 Å². The number of benzene rings is 7. The average molecular weight is 608 g/mol. The van der Waals surface area contributed by atoms with Gasteiger partial charge in [-0.2, -0.15) is 0 Å². The maximum absolute atomic E-state index is 15.7. The number of rotatable bonds is 3. The van der Waals surface area contributed by atoms with Crippen LogP contribution in [-0.2, 0) is 4.57 Å². The van der Waals surface area contributed by atoms with E-state index < -0.39 is 7.14 Å². The fourth-order valence-electron chi connectivity index (χ4n) is 7.61.